The number of benzene rings is 1. The minimum Gasteiger partial charge on any atom is -0.462 e. The third-order valence-electron chi connectivity index (χ3n) is 1.62. The lowest BCUT2D eigenvalue weighted by Gasteiger charge is -2.04. The summed E-state index contributed by atoms with van der Waals surface area (Å²) >= 11 is 5.74. The van der Waals surface area contributed by atoms with E-state index in [1.54, 1.807) is 19.1 Å². The lowest BCUT2D eigenvalue weighted by molar-refractivity contribution is 0.0526. The van der Waals surface area contributed by atoms with Gasteiger partial charge in [0.2, 0.25) is 0 Å². The number of carbonyl (C=O) groups is 1. The van der Waals surface area contributed by atoms with Crippen LogP contribution in [0.2, 0.25) is 5.02 Å². The Balaban J connectivity index is 3.15. The first-order valence-corrected chi connectivity index (χ1v) is 4.44. The van der Waals surface area contributed by atoms with E-state index in [0.717, 1.165) is 0 Å². The van der Waals surface area contributed by atoms with E-state index in [-0.39, 0.29) is 22.8 Å². The summed E-state index contributed by atoms with van der Waals surface area (Å²) in [5, 5.41) is 9.04. The van der Waals surface area contributed by atoms with Gasteiger partial charge >= 0.3 is 5.97 Å². The van der Waals surface area contributed by atoms with E-state index in [1.165, 1.54) is 6.07 Å². The zero-order valence-corrected chi connectivity index (χ0v) is 8.34. The van der Waals surface area contributed by atoms with Crippen LogP contribution in [0.25, 0.3) is 0 Å². The number of esters is 1. The number of hydrogen-bond donors (Lipinski definition) is 0. The van der Waals surface area contributed by atoms with E-state index in [2.05, 4.69) is 0 Å². The standard InChI is InChI=1S/C10H8ClNO2/c1-2-14-10(13)7-4-3-5-9(11)8(7)6-12/h3-5H,2H2,1H3. The van der Waals surface area contributed by atoms with Crippen molar-refractivity contribution in [1.29, 1.82) is 5.26 Å². The number of halogens is 1. The fourth-order valence-electron chi connectivity index (χ4n) is 1.02. The van der Waals surface area contributed by atoms with Crippen molar-refractivity contribution >= 4 is 17.6 Å². The van der Waals surface area contributed by atoms with Gasteiger partial charge in [-0.1, -0.05) is 17.7 Å². The van der Waals surface area contributed by atoms with Crippen molar-refractivity contribution in [3.05, 3.63) is 34.3 Å². The maximum absolute atomic E-state index is 11.3. The molecule has 1 aromatic carbocycles. The number of nitrogens with zero attached hydrogens (tertiary/aromatic N) is 1. The number of hydrogen-bond acceptors (Lipinski definition) is 3. The van der Waals surface area contributed by atoms with Gasteiger partial charge in [0.1, 0.15) is 6.07 Å². The van der Waals surface area contributed by atoms with Gasteiger partial charge in [0.25, 0.3) is 0 Å². The van der Waals surface area contributed by atoms with Crippen molar-refractivity contribution in [3.8, 4) is 6.07 Å². The van der Waals surface area contributed by atoms with Crippen LogP contribution in [-0.4, -0.2) is 12.6 Å². The lowest BCUT2D eigenvalue weighted by atomic mass is 10.1. The van der Waals surface area contributed by atoms with Crippen molar-refractivity contribution in [3.63, 3.8) is 0 Å². The second-order valence-corrected chi connectivity index (χ2v) is 2.90. The predicted molar refractivity (Wildman–Crippen MR) is 52.1 cm³/mol. The van der Waals surface area contributed by atoms with Crippen molar-refractivity contribution in [2.75, 3.05) is 6.61 Å². The molecule has 0 spiro atoms. The predicted octanol–water partition coefficient (Wildman–Crippen LogP) is 2.39. The Bertz CT molecular complexity index is 396. The van der Waals surface area contributed by atoms with Gasteiger partial charge < -0.3 is 4.74 Å². The van der Waals surface area contributed by atoms with Crippen LogP contribution in [0.1, 0.15) is 22.8 Å². The molecule has 0 bridgehead atoms. The quantitative estimate of drug-likeness (QED) is 0.703. The van der Waals surface area contributed by atoms with Gasteiger partial charge in [-0.05, 0) is 19.1 Å². The highest BCUT2D eigenvalue weighted by Crippen LogP contribution is 2.19. The Labute approximate surface area is 86.9 Å². The number of ether oxygens (including phenoxy) is 1. The highest BCUT2D eigenvalue weighted by molar-refractivity contribution is 6.32. The van der Waals surface area contributed by atoms with E-state index >= 15 is 0 Å². The van der Waals surface area contributed by atoms with E-state index < -0.39 is 5.97 Å². The molecule has 14 heavy (non-hydrogen) atoms. The molecule has 0 fully saturated rings. The molecule has 0 heterocycles. The highest BCUT2D eigenvalue weighted by Gasteiger charge is 2.14. The van der Waals surface area contributed by atoms with Gasteiger partial charge in [0.05, 0.1) is 22.8 Å². The Kier molecular flexibility index (Phi) is 3.49. The summed E-state index contributed by atoms with van der Waals surface area (Å²) in [6, 6.07) is 6.55. The number of rotatable bonds is 2. The number of carbonyl (C=O) groups excluding carboxylic acids is 1. The first-order chi connectivity index (χ1) is 6.70. The fourth-order valence-corrected chi connectivity index (χ4v) is 1.23. The van der Waals surface area contributed by atoms with Crippen molar-refractivity contribution in [2.24, 2.45) is 0 Å². The van der Waals surface area contributed by atoms with Gasteiger partial charge in [-0.15, -0.1) is 0 Å². The summed E-state index contributed by atoms with van der Waals surface area (Å²) in [4.78, 5) is 11.3. The van der Waals surface area contributed by atoms with E-state index in [9.17, 15) is 4.79 Å². The smallest absolute Gasteiger partial charge is 0.339 e. The second-order valence-electron chi connectivity index (χ2n) is 2.49. The van der Waals surface area contributed by atoms with Crippen LogP contribution in [0.4, 0.5) is 0 Å². The summed E-state index contributed by atoms with van der Waals surface area (Å²) in [6.45, 7) is 1.98. The van der Waals surface area contributed by atoms with Crippen LogP contribution in [0, 0.1) is 11.3 Å². The molecule has 1 aromatic rings. The Morgan fingerprint density at radius 3 is 2.93 bits per heavy atom. The summed E-state index contributed by atoms with van der Waals surface area (Å²) in [6.07, 6.45) is 0. The minimum atomic E-state index is -0.522. The Morgan fingerprint density at radius 2 is 2.36 bits per heavy atom. The molecular formula is C10H8ClNO2. The molecule has 4 heteroatoms. The summed E-state index contributed by atoms with van der Waals surface area (Å²) < 4.78 is 4.78. The molecule has 0 aliphatic carbocycles. The zero-order chi connectivity index (χ0) is 10.6. The average Bonchev–Trinajstić information content (AvgIpc) is 2.17. The van der Waals surface area contributed by atoms with Crippen LogP contribution in [-0.2, 0) is 4.74 Å². The van der Waals surface area contributed by atoms with Gasteiger partial charge in [0, 0.05) is 0 Å². The molecule has 0 aliphatic rings. The third kappa shape index (κ3) is 2.04. The third-order valence-corrected chi connectivity index (χ3v) is 1.94. The zero-order valence-electron chi connectivity index (χ0n) is 7.58. The van der Waals surface area contributed by atoms with Crippen LogP contribution >= 0.6 is 11.6 Å². The largest absolute Gasteiger partial charge is 0.462 e. The molecule has 0 aromatic heterocycles. The van der Waals surface area contributed by atoms with Crippen molar-refractivity contribution in [1.82, 2.24) is 0 Å². The summed E-state index contributed by atoms with van der Waals surface area (Å²) in [7, 11) is 0. The highest BCUT2D eigenvalue weighted by atomic mass is 35.5. The van der Waals surface area contributed by atoms with Gasteiger partial charge in [0.15, 0.2) is 0 Å². The molecule has 0 saturated heterocycles. The number of nitriles is 1. The topological polar surface area (TPSA) is 50.1 Å². The maximum Gasteiger partial charge on any atom is 0.339 e. The molecule has 3 nitrogen and oxygen atoms in total. The normalized spacial score (nSPS) is 9.21. The van der Waals surface area contributed by atoms with E-state index in [1.807, 2.05) is 6.07 Å². The van der Waals surface area contributed by atoms with Gasteiger partial charge in [-0.25, -0.2) is 4.79 Å². The van der Waals surface area contributed by atoms with E-state index in [0.29, 0.717) is 0 Å². The first-order valence-electron chi connectivity index (χ1n) is 4.06. The van der Waals surface area contributed by atoms with Crippen LogP contribution in [0.3, 0.4) is 0 Å². The molecule has 0 amide bonds. The monoisotopic (exact) mass is 209 g/mol. The summed E-state index contributed by atoms with van der Waals surface area (Å²) in [5.41, 5.74) is 0.370. The fraction of sp³-hybridized carbons (Fsp3) is 0.200. The van der Waals surface area contributed by atoms with Crippen LogP contribution in [0.15, 0.2) is 18.2 Å². The molecular weight excluding hydrogens is 202 g/mol. The average molecular weight is 210 g/mol. The molecule has 72 valence electrons. The molecule has 0 N–H and O–H groups in total. The van der Waals surface area contributed by atoms with Crippen LogP contribution < -0.4 is 0 Å². The molecule has 0 radical (unpaired) electrons. The van der Waals surface area contributed by atoms with Gasteiger partial charge in [-0.2, -0.15) is 5.26 Å². The molecule has 0 unspecified atom stereocenters. The lowest BCUT2D eigenvalue weighted by Crippen LogP contribution is -2.06. The van der Waals surface area contributed by atoms with Gasteiger partial charge in [-0.3, -0.25) is 0 Å². The van der Waals surface area contributed by atoms with Crippen molar-refractivity contribution < 1.29 is 9.53 Å². The Hall–Kier alpha value is -1.53. The second kappa shape index (κ2) is 4.64. The Morgan fingerprint density at radius 1 is 1.64 bits per heavy atom. The maximum atomic E-state index is 11.3. The minimum absolute atomic E-state index is 0.160. The first kappa shape index (κ1) is 10.6. The van der Waals surface area contributed by atoms with Crippen LogP contribution in [0.5, 0.6) is 0 Å². The molecule has 0 aliphatic heterocycles. The SMILES string of the molecule is CCOC(=O)c1cccc(Cl)c1C#N. The summed E-state index contributed by atoms with van der Waals surface area (Å²) in [5.74, 6) is -0.522. The molecule has 0 atom stereocenters. The molecule has 0 saturated carbocycles. The van der Waals surface area contributed by atoms with Crippen molar-refractivity contribution in [2.45, 2.75) is 6.92 Å². The van der Waals surface area contributed by atoms with E-state index in [4.69, 9.17) is 21.6 Å². The molecule has 1 rings (SSSR count).